The summed E-state index contributed by atoms with van der Waals surface area (Å²) in [6, 6.07) is 15.6. The van der Waals surface area contributed by atoms with Crippen molar-refractivity contribution < 1.29 is 9.21 Å². The van der Waals surface area contributed by atoms with Crippen LogP contribution < -0.4 is 10.7 Å². The van der Waals surface area contributed by atoms with E-state index in [0.29, 0.717) is 16.5 Å². The predicted molar refractivity (Wildman–Crippen MR) is 118 cm³/mol. The highest BCUT2D eigenvalue weighted by Crippen LogP contribution is 2.31. The molecule has 0 aliphatic rings. The van der Waals surface area contributed by atoms with Crippen LogP contribution in [0.25, 0.3) is 11.3 Å². The van der Waals surface area contributed by atoms with Crippen LogP contribution in [0.15, 0.2) is 63.8 Å². The molecule has 0 saturated carbocycles. The van der Waals surface area contributed by atoms with Gasteiger partial charge >= 0.3 is 0 Å². The number of carbonyl (C=O) groups is 1. The van der Waals surface area contributed by atoms with Crippen molar-refractivity contribution in [3.8, 4) is 11.3 Å². The van der Waals surface area contributed by atoms with E-state index in [9.17, 15) is 9.59 Å². The van der Waals surface area contributed by atoms with E-state index in [-0.39, 0.29) is 16.9 Å². The van der Waals surface area contributed by atoms with Crippen LogP contribution in [0.5, 0.6) is 0 Å². The number of hydrogen-bond acceptors (Lipinski definition) is 3. The first-order valence-corrected chi connectivity index (χ1v) is 10.2. The summed E-state index contributed by atoms with van der Waals surface area (Å²) < 4.78 is 5.76. The van der Waals surface area contributed by atoms with Crippen molar-refractivity contribution in [3.05, 3.63) is 86.7 Å². The molecule has 0 unspecified atom stereocenters. The molecule has 29 heavy (non-hydrogen) atoms. The summed E-state index contributed by atoms with van der Waals surface area (Å²) in [6.07, 6.45) is 1.73. The van der Waals surface area contributed by atoms with Gasteiger partial charge in [0.05, 0.1) is 5.02 Å². The number of para-hydroxylation sites is 1. The molecule has 2 aromatic carbocycles. The molecule has 0 saturated heterocycles. The Bertz CT molecular complexity index is 1090. The fraction of sp³-hybridized carbons (Fsp3) is 0.250. The monoisotopic (exact) mass is 409 g/mol. The Kier molecular flexibility index (Phi) is 6.55. The summed E-state index contributed by atoms with van der Waals surface area (Å²) in [5, 5.41) is 3.43. The lowest BCUT2D eigenvalue weighted by atomic mass is 9.93. The molecule has 3 aromatic rings. The average molecular weight is 410 g/mol. The van der Waals surface area contributed by atoms with Crippen LogP contribution in [0, 0.1) is 0 Å². The first-order chi connectivity index (χ1) is 13.9. The Hall–Kier alpha value is -2.85. The fourth-order valence-electron chi connectivity index (χ4n) is 3.26. The molecule has 150 valence electrons. The fourth-order valence-corrected chi connectivity index (χ4v) is 3.48. The summed E-state index contributed by atoms with van der Waals surface area (Å²) in [6.45, 7) is 6.28. The number of hydrogen-bond donors (Lipinski definition) is 1. The van der Waals surface area contributed by atoms with Gasteiger partial charge in [0.1, 0.15) is 5.76 Å². The summed E-state index contributed by atoms with van der Waals surface area (Å²) >= 11 is 6.22. The molecule has 1 N–H and O–H groups in total. The van der Waals surface area contributed by atoms with Gasteiger partial charge in [0.25, 0.3) is 5.91 Å². The largest absolute Gasteiger partial charge is 0.451 e. The minimum atomic E-state index is -0.457. The number of benzene rings is 2. The van der Waals surface area contributed by atoms with Crippen molar-refractivity contribution >= 4 is 23.2 Å². The summed E-state index contributed by atoms with van der Waals surface area (Å²) in [4.78, 5) is 25.2. The summed E-state index contributed by atoms with van der Waals surface area (Å²) in [5.41, 5.74) is 3.16. The van der Waals surface area contributed by atoms with Crippen LogP contribution in [0.1, 0.15) is 54.8 Å². The van der Waals surface area contributed by atoms with Gasteiger partial charge in [0, 0.05) is 23.4 Å². The van der Waals surface area contributed by atoms with Gasteiger partial charge in [-0.3, -0.25) is 9.59 Å². The lowest BCUT2D eigenvalue weighted by Crippen LogP contribution is -2.17. The van der Waals surface area contributed by atoms with Gasteiger partial charge in [-0.1, -0.05) is 62.7 Å². The first-order valence-electron chi connectivity index (χ1n) is 9.77. The quantitative estimate of drug-likeness (QED) is 0.520. The van der Waals surface area contributed by atoms with E-state index >= 15 is 0 Å². The number of rotatable bonds is 6. The second kappa shape index (κ2) is 9.10. The van der Waals surface area contributed by atoms with Crippen molar-refractivity contribution in [1.82, 2.24) is 0 Å². The van der Waals surface area contributed by atoms with Crippen molar-refractivity contribution in [2.24, 2.45) is 0 Å². The van der Waals surface area contributed by atoms with Gasteiger partial charge in [0.2, 0.25) is 0 Å². The SMILES string of the molecule is CCc1cccc([C@@H](C)CC)c1NC(=O)c1cc(=O)cc(-c2ccccc2Cl)o1. The third kappa shape index (κ3) is 4.60. The molecule has 0 spiro atoms. The van der Waals surface area contributed by atoms with E-state index in [1.165, 1.54) is 12.1 Å². The molecule has 0 bridgehead atoms. The zero-order valence-electron chi connectivity index (χ0n) is 16.8. The number of anilines is 1. The van der Waals surface area contributed by atoms with Crippen LogP contribution >= 0.6 is 11.6 Å². The molecule has 1 aromatic heterocycles. The summed E-state index contributed by atoms with van der Waals surface area (Å²) in [5.74, 6) is 0.0485. The zero-order chi connectivity index (χ0) is 21.0. The van der Waals surface area contributed by atoms with E-state index in [0.717, 1.165) is 29.7 Å². The van der Waals surface area contributed by atoms with Gasteiger partial charge in [-0.15, -0.1) is 0 Å². The molecule has 0 radical (unpaired) electrons. The highest BCUT2D eigenvalue weighted by molar-refractivity contribution is 6.33. The molecule has 1 amide bonds. The predicted octanol–water partition coefficient (Wildman–Crippen LogP) is 6.29. The van der Waals surface area contributed by atoms with Crippen LogP contribution in [-0.4, -0.2) is 5.91 Å². The standard InChI is InChI=1S/C24H24ClNO3/c1-4-15(3)18-11-8-9-16(5-2)23(18)26-24(28)22-14-17(27)13-21(29-22)19-10-6-7-12-20(19)25/h6-15H,4-5H2,1-3H3,(H,26,28)/t15-/m0/s1. The normalized spacial score (nSPS) is 11.9. The molecule has 0 fully saturated rings. The molecule has 3 rings (SSSR count). The molecule has 1 atom stereocenters. The Labute approximate surface area is 175 Å². The second-order valence-electron chi connectivity index (χ2n) is 7.00. The lowest BCUT2D eigenvalue weighted by Gasteiger charge is -2.19. The topological polar surface area (TPSA) is 59.3 Å². The summed E-state index contributed by atoms with van der Waals surface area (Å²) in [7, 11) is 0. The van der Waals surface area contributed by atoms with Gasteiger partial charge in [0.15, 0.2) is 11.2 Å². The minimum Gasteiger partial charge on any atom is -0.451 e. The second-order valence-corrected chi connectivity index (χ2v) is 7.41. The van der Waals surface area contributed by atoms with Crippen molar-refractivity contribution in [1.29, 1.82) is 0 Å². The van der Waals surface area contributed by atoms with E-state index in [1.54, 1.807) is 24.3 Å². The van der Waals surface area contributed by atoms with Crippen LogP contribution in [-0.2, 0) is 6.42 Å². The Morgan fingerprint density at radius 3 is 2.55 bits per heavy atom. The number of nitrogens with one attached hydrogen (secondary N) is 1. The highest BCUT2D eigenvalue weighted by atomic mass is 35.5. The highest BCUT2D eigenvalue weighted by Gasteiger charge is 2.18. The molecule has 1 heterocycles. The number of halogens is 1. The van der Waals surface area contributed by atoms with Gasteiger partial charge in [-0.2, -0.15) is 0 Å². The molecular formula is C24H24ClNO3. The van der Waals surface area contributed by atoms with Crippen LogP contribution in [0.3, 0.4) is 0 Å². The van der Waals surface area contributed by atoms with Crippen molar-refractivity contribution in [2.75, 3.05) is 5.32 Å². The Morgan fingerprint density at radius 2 is 1.86 bits per heavy atom. The van der Waals surface area contributed by atoms with Gasteiger partial charge < -0.3 is 9.73 Å². The third-order valence-electron chi connectivity index (χ3n) is 5.08. The van der Waals surface area contributed by atoms with Gasteiger partial charge in [-0.25, -0.2) is 0 Å². The molecule has 0 aliphatic carbocycles. The van der Waals surface area contributed by atoms with Gasteiger partial charge in [-0.05, 0) is 42.0 Å². The molecule has 0 aliphatic heterocycles. The molecular weight excluding hydrogens is 386 g/mol. The first kappa shape index (κ1) is 20.9. The van der Waals surface area contributed by atoms with Crippen molar-refractivity contribution in [3.63, 3.8) is 0 Å². The Balaban J connectivity index is 2.01. The maximum Gasteiger partial charge on any atom is 0.291 e. The van der Waals surface area contributed by atoms with Crippen LogP contribution in [0.4, 0.5) is 5.69 Å². The molecule has 5 heteroatoms. The van der Waals surface area contributed by atoms with E-state index in [2.05, 4.69) is 19.2 Å². The maximum absolute atomic E-state index is 13.0. The van der Waals surface area contributed by atoms with E-state index < -0.39 is 5.91 Å². The lowest BCUT2D eigenvalue weighted by molar-refractivity contribution is 0.0995. The smallest absolute Gasteiger partial charge is 0.291 e. The molecule has 4 nitrogen and oxygen atoms in total. The minimum absolute atomic E-state index is 0.0478. The van der Waals surface area contributed by atoms with E-state index in [4.69, 9.17) is 16.0 Å². The average Bonchev–Trinajstić information content (AvgIpc) is 2.73. The van der Waals surface area contributed by atoms with Crippen LogP contribution in [0.2, 0.25) is 5.02 Å². The number of carbonyl (C=O) groups excluding carboxylic acids is 1. The maximum atomic E-state index is 13.0. The Morgan fingerprint density at radius 1 is 1.10 bits per heavy atom. The zero-order valence-corrected chi connectivity index (χ0v) is 17.5. The van der Waals surface area contributed by atoms with E-state index in [1.807, 2.05) is 25.1 Å². The van der Waals surface area contributed by atoms with Crippen molar-refractivity contribution in [2.45, 2.75) is 39.5 Å². The third-order valence-corrected chi connectivity index (χ3v) is 5.41. The number of amides is 1. The number of aryl methyl sites for hydroxylation is 1.